The van der Waals surface area contributed by atoms with E-state index in [1.807, 2.05) is 5.32 Å². The Bertz CT molecular complexity index is 399. The van der Waals surface area contributed by atoms with Gasteiger partial charge in [-0.25, -0.2) is 22.0 Å². The second kappa shape index (κ2) is 4.96. The molecule has 0 unspecified atom stereocenters. The number of hydrogen-bond acceptors (Lipinski definition) is 1. The van der Waals surface area contributed by atoms with Gasteiger partial charge in [0.15, 0.2) is 23.3 Å². The van der Waals surface area contributed by atoms with Gasteiger partial charge in [-0.05, 0) is 19.5 Å². The van der Waals surface area contributed by atoms with Gasteiger partial charge in [0.25, 0.3) is 0 Å². The van der Waals surface area contributed by atoms with E-state index < -0.39 is 34.8 Å². The summed E-state index contributed by atoms with van der Waals surface area (Å²) in [5, 5.41) is 1.97. The van der Waals surface area contributed by atoms with Gasteiger partial charge in [-0.2, -0.15) is 0 Å². The monoisotopic (exact) mass is 236 g/mol. The van der Waals surface area contributed by atoms with Gasteiger partial charge in [-0.1, -0.05) is 6.08 Å². The molecule has 0 aliphatic heterocycles. The third kappa shape index (κ3) is 2.15. The minimum absolute atomic E-state index is 0.308. The topological polar surface area (TPSA) is 12.0 Å². The number of allylic oxidation sites excluding steroid dienone is 1. The van der Waals surface area contributed by atoms with Gasteiger partial charge in [0.05, 0.1) is 0 Å². The highest BCUT2D eigenvalue weighted by Crippen LogP contribution is 2.26. The van der Waals surface area contributed by atoms with Crippen molar-refractivity contribution < 1.29 is 22.0 Å². The molecule has 1 rings (SSSR count). The van der Waals surface area contributed by atoms with Crippen molar-refractivity contribution >= 4 is 5.69 Å². The van der Waals surface area contributed by atoms with Crippen LogP contribution in [0, 0.1) is 36.0 Å². The molecule has 0 spiro atoms. The molecule has 0 heterocycles. The summed E-state index contributed by atoms with van der Waals surface area (Å²) < 4.78 is 63.9. The van der Waals surface area contributed by atoms with E-state index in [9.17, 15) is 22.0 Å². The summed E-state index contributed by atoms with van der Waals surface area (Å²) in [7, 11) is 0. The molecule has 1 aromatic rings. The third-order valence-electron chi connectivity index (χ3n) is 1.72. The number of rotatable bonds is 3. The molecule has 87 valence electrons. The molecule has 0 atom stereocenters. The molecule has 0 saturated heterocycles. The number of halogens is 5. The van der Waals surface area contributed by atoms with E-state index >= 15 is 0 Å². The molecule has 0 aliphatic carbocycles. The first-order chi connectivity index (χ1) is 7.50. The van der Waals surface area contributed by atoms with Gasteiger partial charge < -0.3 is 5.32 Å². The summed E-state index contributed by atoms with van der Waals surface area (Å²) in [6.07, 6.45) is 2.71. The molecule has 0 aliphatic rings. The lowest BCUT2D eigenvalue weighted by molar-refractivity contribution is 0.382. The zero-order chi connectivity index (χ0) is 12.3. The average molecular weight is 236 g/mol. The van der Waals surface area contributed by atoms with Crippen molar-refractivity contribution in [2.45, 2.75) is 6.42 Å². The second-order valence-corrected chi connectivity index (χ2v) is 2.78. The van der Waals surface area contributed by atoms with Crippen molar-refractivity contribution in [1.82, 2.24) is 0 Å². The maximum absolute atomic E-state index is 13.0. The van der Waals surface area contributed by atoms with E-state index in [4.69, 9.17) is 0 Å². The van der Waals surface area contributed by atoms with Crippen LogP contribution in [-0.4, -0.2) is 0 Å². The van der Waals surface area contributed by atoms with Crippen LogP contribution < -0.4 is 5.32 Å². The van der Waals surface area contributed by atoms with Crippen molar-refractivity contribution in [2.75, 3.05) is 5.32 Å². The Labute approximate surface area is 88.6 Å². The summed E-state index contributed by atoms with van der Waals surface area (Å²) >= 11 is 0. The van der Waals surface area contributed by atoms with E-state index in [0.29, 0.717) is 6.42 Å². The fourth-order valence-corrected chi connectivity index (χ4v) is 0.957. The van der Waals surface area contributed by atoms with Crippen LogP contribution in [0.25, 0.3) is 0 Å². The molecule has 1 nitrogen and oxygen atoms in total. The Hall–Kier alpha value is -1.59. The predicted octanol–water partition coefficient (Wildman–Crippen LogP) is 3.53. The standard InChI is InChI=1S/C10H7F5N/c1-2-3-4-16-10-8(14)6(12)5(11)7(13)9(10)15/h3-4,16H,1-2H2/b4-3+. The highest BCUT2D eigenvalue weighted by atomic mass is 19.2. The fourth-order valence-electron chi connectivity index (χ4n) is 0.957. The molecule has 0 saturated carbocycles. The van der Waals surface area contributed by atoms with Crippen LogP contribution in [0.15, 0.2) is 12.3 Å². The minimum atomic E-state index is -2.18. The highest BCUT2D eigenvalue weighted by Gasteiger charge is 2.24. The predicted molar refractivity (Wildman–Crippen MR) is 49.0 cm³/mol. The summed E-state index contributed by atoms with van der Waals surface area (Å²) in [6.45, 7) is 3.39. The Balaban J connectivity index is 3.23. The lowest BCUT2D eigenvalue weighted by Gasteiger charge is -2.07. The normalized spacial score (nSPS) is 11.1. The summed E-state index contributed by atoms with van der Waals surface area (Å²) in [5.74, 6) is -9.94. The van der Waals surface area contributed by atoms with E-state index in [-0.39, 0.29) is 0 Å². The van der Waals surface area contributed by atoms with E-state index in [2.05, 4.69) is 6.92 Å². The highest BCUT2D eigenvalue weighted by molar-refractivity contribution is 5.49. The van der Waals surface area contributed by atoms with Gasteiger partial charge >= 0.3 is 0 Å². The summed E-state index contributed by atoms with van der Waals surface area (Å²) in [4.78, 5) is 0. The Morgan fingerprint density at radius 1 is 0.875 bits per heavy atom. The minimum Gasteiger partial charge on any atom is -0.357 e. The maximum Gasteiger partial charge on any atom is 0.200 e. The molecular formula is C10H7F5N. The second-order valence-electron chi connectivity index (χ2n) is 2.78. The van der Waals surface area contributed by atoms with E-state index in [1.54, 1.807) is 0 Å². The molecule has 16 heavy (non-hydrogen) atoms. The fraction of sp³-hybridized carbons (Fsp3) is 0.100. The number of nitrogens with one attached hydrogen (secondary N) is 1. The Morgan fingerprint density at radius 2 is 1.31 bits per heavy atom. The van der Waals surface area contributed by atoms with Crippen molar-refractivity contribution in [1.29, 1.82) is 0 Å². The van der Waals surface area contributed by atoms with Crippen LogP contribution in [0.2, 0.25) is 0 Å². The smallest absolute Gasteiger partial charge is 0.200 e. The van der Waals surface area contributed by atoms with Crippen molar-refractivity contribution in [3.05, 3.63) is 48.3 Å². The zero-order valence-electron chi connectivity index (χ0n) is 7.96. The SMILES string of the molecule is [CH2]C/C=C/Nc1c(F)c(F)c(F)c(F)c1F. The molecule has 0 bridgehead atoms. The zero-order valence-corrected chi connectivity index (χ0v) is 7.96. The first kappa shape index (κ1) is 12.5. The molecule has 1 aromatic carbocycles. The number of hydrogen-bond donors (Lipinski definition) is 1. The van der Waals surface area contributed by atoms with Crippen LogP contribution in [0.1, 0.15) is 6.42 Å². The maximum atomic E-state index is 13.0. The van der Waals surface area contributed by atoms with Crippen LogP contribution in [0.5, 0.6) is 0 Å². The van der Waals surface area contributed by atoms with Crippen LogP contribution in [-0.2, 0) is 0 Å². The van der Waals surface area contributed by atoms with Gasteiger partial charge in [-0.3, -0.25) is 0 Å². The third-order valence-corrected chi connectivity index (χ3v) is 1.72. The number of benzene rings is 1. The summed E-state index contributed by atoms with van der Waals surface area (Å²) in [6, 6.07) is 0. The molecular weight excluding hydrogens is 229 g/mol. The number of anilines is 1. The first-order valence-corrected chi connectivity index (χ1v) is 4.23. The van der Waals surface area contributed by atoms with Gasteiger partial charge in [0.1, 0.15) is 5.69 Å². The quantitative estimate of drug-likeness (QED) is 0.481. The molecule has 0 fully saturated rings. The van der Waals surface area contributed by atoms with Gasteiger partial charge in [-0.15, -0.1) is 0 Å². The lowest BCUT2D eigenvalue weighted by atomic mass is 10.2. The van der Waals surface area contributed by atoms with E-state index in [0.717, 1.165) is 6.20 Å². The van der Waals surface area contributed by atoms with Crippen molar-refractivity contribution in [3.8, 4) is 0 Å². The van der Waals surface area contributed by atoms with Crippen LogP contribution >= 0.6 is 0 Å². The lowest BCUT2D eigenvalue weighted by Crippen LogP contribution is -2.06. The largest absolute Gasteiger partial charge is 0.357 e. The van der Waals surface area contributed by atoms with Crippen molar-refractivity contribution in [3.63, 3.8) is 0 Å². The molecule has 1 N–H and O–H groups in total. The van der Waals surface area contributed by atoms with E-state index in [1.165, 1.54) is 6.08 Å². The molecule has 0 aromatic heterocycles. The van der Waals surface area contributed by atoms with Crippen molar-refractivity contribution in [2.24, 2.45) is 0 Å². The van der Waals surface area contributed by atoms with Crippen LogP contribution in [0.3, 0.4) is 0 Å². The average Bonchev–Trinajstić information content (AvgIpc) is 2.28. The van der Waals surface area contributed by atoms with Gasteiger partial charge in [0.2, 0.25) is 5.82 Å². The first-order valence-electron chi connectivity index (χ1n) is 4.23. The van der Waals surface area contributed by atoms with Gasteiger partial charge in [0, 0.05) is 0 Å². The molecule has 0 amide bonds. The molecule has 6 heteroatoms. The summed E-state index contributed by atoms with van der Waals surface area (Å²) in [5.41, 5.74) is -1.08. The van der Waals surface area contributed by atoms with Crippen LogP contribution in [0.4, 0.5) is 27.6 Å². The Morgan fingerprint density at radius 3 is 1.75 bits per heavy atom. The molecule has 1 radical (unpaired) electrons. The Kier molecular flexibility index (Phi) is 3.87.